The Kier molecular flexibility index (Phi) is 5.13. The molecule has 2 aromatic carbocycles. The molecule has 0 bridgehead atoms. The minimum atomic E-state index is 0.599. The summed E-state index contributed by atoms with van der Waals surface area (Å²) in [5, 5.41) is 12.1. The lowest BCUT2D eigenvalue weighted by atomic mass is 10.2. The first-order valence-electron chi connectivity index (χ1n) is 8.07. The van der Waals surface area contributed by atoms with E-state index >= 15 is 0 Å². The second-order valence-electron chi connectivity index (χ2n) is 5.50. The first-order valence-corrected chi connectivity index (χ1v) is 8.07. The smallest absolute Gasteiger partial charge is 0.250 e. The van der Waals surface area contributed by atoms with Gasteiger partial charge in [-0.15, -0.1) is 0 Å². The van der Waals surface area contributed by atoms with Crippen LogP contribution in [0.25, 0.3) is 5.69 Å². The van der Waals surface area contributed by atoms with Gasteiger partial charge in [0.1, 0.15) is 0 Å². The van der Waals surface area contributed by atoms with Gasteiger partial charge < -0.3 is 14.4 Å². The molecule has 0 unspecified atom stereocenters. The minimum Gasteiger partial charge on any atom is -0.493 e. The third kappa shape index (κ3) is 3.71. The molecule has 130 valence electrons. The molecule has 0 saturated heterocycles. The van der Waals surface area contributed by atoms with Crippen LogP contribution < -0.4 is 14.4 Å². The van der Waals surface area contributed by atoms with Gasteiger partial charge >= 0.3 is 0 Å². The van der Waals surface area contributed by atoms with E-state index in [-0.39, 0.29) is 0 Å². The van der Waals surface area contributed by atoms with E-state index in [9.17, 15) is 0 Å². The third-order valence-electron chi connectivity index (χ3n) is 3.74. The van der Waals surface area contributed by atoms with Crippen LogP contribution >= 0.6 is 0 Å². The molecule has 0 radical (unpaired) electrons. The van der Waals surface area contributed by atoms with Crippen molar-refractivity contribution < 1.29 is 9.47 Å². The molecule has 7 nitrogen and oxygen atoms in total. The molecule has 0 fully saturated rings. The maximum atomic E-state index is 5.56. The summed E-state index contributed by atoms with van der Waals surface area (Å²) >= 11 is 0. The highest BCUT2D eigenvalue weighted by atomic mass is 16.5. The second kappa shape index (κ2) is 7.65. The molecule has 3 aromatic rings. The summed E-state index contributed by atoms with van der Waals surface area (Å²) in [5.41, 5.74) is 1.99. The van der Waals surface area contributed by atoms with E-state index in [1.54, 1.807) is 11.8 Å². The molecule has 1 aromatic heterocycles. The van der Waals surface area contributed by atoms with Crippen molar-refractivity contribution >= 4 is 5.95 Å². The summed E-state index contributed by atoms with van der Waals surface area (Å²) in [5.74, 6) is 2.12. The highest BCUT2D eigenvalue weighted by Crippen LogP contribution is 2.29. The molecule has 0 spiro atoms. The Bertz CT molecular complexity index is 819. The minimum absolute atomic E-state index is 0.599. The predicted octanol–water partition coefficient (Wildman–Crippen LogP) is 2.71. The summed E-state index contributed by atoms with van der Waals surface area (Å²) in [6.45, 7) is 3.18. The molecule has 3 rings (SSSR count). The Morgan fingerprint density at radius 1 is 1.08 bits per heavy atom. The molecule has 0 saturated carbocycles. The van der Waals surface area contributed by atoms with Crippen molar-refractivity contribution in [1.29, 1.82) is 0 Å². The van der Waals surface area contributed by atoms with E-state index in [1.165, 1.54) is 0 Å². The first-order chi connectivity index (χ1) is 12.2. The van der Waals surface area contributed by atoms with Crippen LogP contribution in [0.5, 0.6) is 11.5 Å². The van der Waals surface area contributed by atoms with Gasteiger partial charge in [0, 0.05) is 13.6 Å². The van der Waals surface area contributed by atoms with Crippen LogP contribution in [0.1, 0.15) is 12.5 Å². The second-order valence-corrected chi connectivity index (χ2v) is 5.50. The number of rotatable bonds is 7. The lowest BCUT2D eigenvalue weighted by molar-refractivity contribution is 0.310. The lowest BCUT2D eigenvalue weighted by Crippen LogP contribution is -2.21. The largest absolute Gasteiger partial charge is 0.493 e. The van der Waals surface area contributed by atoms with Gasteiger partial charge in [-0.1, -0.05) is 29.4 Å². The SMILES string of the molecule is CCOc1ccc(CN(C)c2nnnn2-c2ccccc2)cc1OC. The number of nitrogens with zero attached hydrogens (tertiary/aromatic N) is 5. The number of aromatic nitrogens is 4. The van der Waals surface area contributed by atoms with Crippen LogP contribution in [0.4, 0.5) is 5.95 Å². The maximum Gasteiger partial charge on any atom is 0.250 e. The predicted molar refractivity (Wildman–Crippen MR) is 95.4 cm³/mol. The Labute approximate surface area is 146 Å². The van der Waals surface area contributed by atoms with Crippen LogP contribution in [0, 0.1) is 0 Å². The van der Waals surface area contributed by atoms with Gasteiger partial charge in [0.25, 0.3) is 0 Å². The van der Waals surface area contributed by atoms with E-state index < -0.39 is 0 Å². The summed E-state index contributed by atoms with van der Waals surface area (Å²) in [6.07, 6.45) is 0. The topological polar surface area (TPSA) is 65.3 Å². The average molecular weight is 339 g/mol. The molecule has 0 N–H and O–H groups in total. The number of anilines is 1. The number of ether oxygens (including phenoxy) is 2. The Morgan fingerprint density at radius 3 is 2.60 bits per heavy atom. The summed E-state index contributed by atoms with van der Waals surface area (Å²) in [6, 6.07) is 15.7. The van der Waals surface area contributed by atoms with Gasteiger partial charge in [-0.05, 0) is 47.2 Å². The standard InChI is InChI=1S/C18H21N5O2/c1-4-25-16-11-10-14(12-17(16)24-3)13-22(2)18-19-20-21-23(18)15-8-6-5-7-9-15/h5-12H,4,13H2,1-3H3. The third-order valence-corrected chi connectivity index (χ3v) is 3.74. The molecule has 0 amide bonds. The van der Waals surface area contributed by atoms with E-state index in [4.69, 9.17) is 9.47 Å². The van der Waals surface area contributed by atoms with Crippen molar-refractivity contribution in [1.82, 2.24) is 20.2 Å². The van der Waals surface area contributed by atoms with Crippen LogP contribution in [0.15, 0.2) is 48.5 Å². The molecule has 7 heteroatoms. The summed E-state index contributed by atoms with van der Waals surface area (Å²) < 4.78 is 12.7. The highest BCUT2D eigenvalue weighted by molar-refractivity contribution is 5.45. The quantitative estimate of drug-likeness (QED) is 0.659. The van der Waals surface area contributed by atoms with Crippen LogP contribution in [0.3, 0.4) is 0 Å². The number of tetrazole rings is 1. The molecule has 1 heterocycles. The number of methoxy groups -OCH3 is 1. The normalized spacial score (nSPS) is 10.5. The first kappa shape index (κ1) is 16.8. The molecule has 25 heavy (non-hydrogen) atoms. The van der Waals surface area contributed by atoms with Gasteiger partial charge in [-0.25, -0.2) is 0 Å². The number of hydrogen-bond acceptors (Lipinski definition) is 6. The van der Waals surface area contributed by atoms with E-state index in [1.807, 2.05) is 67.4 Å². The maximum absolute atomic E-state index is 5.56. The summed E-state index contributed by atoms with van der Waals surface area (Å²) in [4.78, 5) is 1.99. The average Bonchev–Trinajstić information content (AvgIpc) is 3.14. The van der Waals surface area contributed by atoms with Gasteiger partial charge in [0.15, 0.2) is 11.5 Å². The van der Waals surface area contributed by atoms with Crippen LogP contribution in [0.2, 0.25) is 0 Å². The van der Waals surface area contributed by atoms with Gasteiger partial charge in [0.05, 0.1) is 19.4 Å². The molecular formula is C18H21N5O2. The Hall–Kier alpha value is -3.09. The lowest BCUT2D eigenvalue weighted by Gasteiger charge is -2.19. The number of para-hydroxylation sites is 1. The monoisotopic (exact) mass is 339 g/mol. The summed E-state index contributed by atoms with van der Waals surface area (Å²) in [7, 11) is 3.59. The van der Waals surface area contributed by atoms with Gasteiger partial charge in [0.2, 0.25) is 5.95 Å². The van der Waals surface area contributed by atoms with Crippen molar-refractivity contribution in [2.24, 2.45) is 0 Å². The van der Waals surface area contributed by atoms with Gasteiger partial charge in [-0.3, -0.25) is 0 Å². The van der Waals surface area contributed by atoms with Gasteiger partial charge in [-0.2, -0.15) is 4.68 Å². The molecule has 0 aliphatic carbocycles. The van der Waals surface area contributed by atoms with Crippen LogP contribution in [-0.2, 0) is 6.54 Å². The van der Waals surface area contributed by atoms with E-state index in [0.29, 0.717) is 19.1 Å². The zero-order valence-electron chi connectivity index (χ0n) is 14.6. The van der Waals surface area contributed by atoms with Crippen molar-refractivity contribution in [3.8, 4) is 17.2 Å². The molecular weight excluding hydrogens is 318 g/mol. The zero-order chi connectivity index (χ0) is 17.6. The number of hydrogen-bond donors (Lipinski definition) is 0. The Morgan fingerprint density at radius 2 is 1.88 bits per heavy atom. The van der Waals surface area contributed by atoms with E-state index in [2.05, 4.69) is 15.5 Å². The van der Waals surface area contributed by atoms with Crippen molar-refractivity contribution in [3.05, 3.63) is 54.1 Å². The molecule has 0 atom stereocenters. The Balaban J connectivity index is 1.82. The number of benzene rings is 2. The van der Waals surface area contributed by atoms with Crippen molar-refractivity contribution in [2.75, 3.05) is 25.7 Å². The fourth-order valence-corrected chi connectivity index (χ4v) is 2.59. The molecule has 0 aliphatic rings. The fourth-order valence-electron chi connectivity index (χ4n) is 2.59. The fraction of sp³-hybridized carbons (Fsp3) is 0.278. The highest BCUT2D eigenvalue weighted by Gasteiger charge is 2.14. The molecule has 0 aliphatic heterocycles. The van der Waals surface area contributed by atoms with E-state index in [0.717, 1.165) is 22.7 Å². The van der Waals surface area contributed by atoms with Crippen molar-refractivity contribution in [3.63, 3.8) is 0 Å². The van der Waals surface area contributed by atoms with Crippen molar-refractivity contribution in [2.45, 2.75) is 13.5 Å². The van der Waals surface area contributed by atoms with Crippen LogP contribution in [-0.4, -0.2) is 41.0 Å². The zero-order valence-corrected chi connectivity index (χ0v) is 14.6.